The number of hydrogen-bond donors (Lipinski definition) is 1. The fourth-order valence-electron chi connectivity index (χ4n) is 3.74. The monoisotopic (exact) mass is 411 g/mol. The number of aryl methyl sites for hydroxylation is 1. The highest BCUT2D eigenvalue weighted by molar-refractivity contribution is 7.88. The first-order chi connectivity index (χ1) is 13.9. The fraction of sp³-hybridized carbons (Fsp3) is 0.318. The number of nitrogens with one attached hydrogen (secondary N) is 1. The van der Waals surface area contributed by atoms with Crippen LogP contribution in [0.2, 0.25) is 0 Å². The molecule has 0 unspecified atom stereocenters. The maximum Gasteiger partial charge on any atom is 0.218 e. The molecule has 0 aliphatic carbocycles. The van der Waals surface area contributed by atoms with Gasteiger partial charge >= 0.3 is 0 Å². The Morgan fingerprint density at radius 3 is 2.41 bits per heavy atom. The summed E-state index contributed by atoms with van der Waals surface area (Å²) in [4.78, 5) is 17.9. The van der Waals surface area contributed by atoms with Crippen LogP contribution in [-0.2, 0) is 15.8 Å². The van der Waals surface area contributed by atoms with Gasteiger partial charge in [-0.25, -0.2) is 8.42 Å². The lowest BCUT2D eigenvalue weighted by Gasteiger charge is -2.33. The van der Waals surface area contributed by atoms with Crippen LogP contribution in [-0.4, -0.2) is 61.1 Å². The van der Waals surface area contributed by atoms with Gasteiger partial charge in [-0.05, 0) is 18.6 Å². The molecule has 4 rings (SSSR count). The Hall–Kier alpha value is -2.48. The van der Waals surface area contributed by atoms with Crippen LogP contribution in [0, 0.1) is 6.92 Å². The van der Waals surface area contributed by atoms with E-state index < -0.39 is 10.0 Å². The van der Waals surface area contributed by atoms with Gasteiger partial charge in [-0.1, -0.05) is 48.0 Å². The predicted octanol–water partition coefficient (Wildman–Crippen LogP) is 2.81. The summed E-state index contributed by atoms with van der Waals surface area (Å²) in [6, 6.07) is 15.3. The van der Waals surface area contributed by atoms with E-state index in [9.17, 15) is 13.2 Å². The molecule has 6 nitrogen and oxygen atoms in total. The second-order valence-corrected chi connectivity index (χ2v) is 9.56. The number of fused-ring (bicyclic) bond motifs is 1. The molecule has 0 bridgehead atoms. The zero-order valence-electron chi connectivity index (χ0n) is 16.5. The SMILES string of the molecule is Cc1ccc(CS(=O)(=O)N2CCN(CC(=O)c3c[nH]c4ccccc34)CC2)cc1. The standard InChI is InChI=1S/C22H25N3O3S/c1-17-6-8-18(9-7-17)16-29(27,28)25-12-10-24(11-13-25)15-22(26)20-14-23-21-5-3-2-4-19(20)21/h2-9,14,23H,10-13,15-16H2,1H3. The number of benzene rings is 2. The molecule has 2 heterocycles. The van der Waals surface area contributed by atoms with Crippen molar-refractivity contribution in [2.45, 2.75) is 12.7 Å². The summed E-state index contributed by atoms with van der Waals surface area (Å²) in [6.45, 7) is 4.22. The Balaban J connectivity index is 1.35. The van der Waals surface area contributed by atoms with Crippen LogP contribution in [0.4, 0.5) is 0 Å². The van der Waals surface area contributed by atoms with Crippen LogP contribution >= 0.6 is 0 Å². The highest BCUT2D eigenvalue weighted by Crippen LogP contribution is 2.19. The molecule has 7 heteroatoms. The van der Waals surface area contributed by atoms with Crippen molar-refractivity contribution < 1.29 is 13.2 Å². The molecule has 2 aromatic carbocycles. The number of sulfonamides is 1. The summed E-state index contributed by atoms with van der Waals surface area (Å²) in [7, 11) is -3.36. The summed E-state index contributed by atoms with van der Waals surface area (Å²) < 4.78 is 27.0. The third kappa shape index (κ3) is 4.42. The van der Waals surface area contributed by atoms with Crippen LogP contribution in [0.25, 0.3) is 10.9 Å². The molecule has 1 aliphatic rings. The van der Waals surface area contributed by atoms with E-state index in [1.54, 1.807) is 10.5 Å². The topological polar surface area (TPSA) is 73.5 Å². The lowest BCUT2D eigenvalue weighted by Crippen LogP contribution is -2.50. The van der Waals surface area contributed by atoms with Gasteiger partial charge < -0.3 is 4.98 Å². The summed E-state index contributed by atoms with van der Waals surface area (Å²) in [6.07, 6.45) is 1.76. The first-order valence-corrected chi connectivity index (χ1v) is 11.4. The first kappa shape index (κ1) is 19.8. The normalized spacial score (nSPS) is 16.3. The molecule has 0 amide bonds. The Labute approximate surface area is 171 Å². The number of Topliss-reactive ketones (excluding diaryl/α,β-unsaturated/α-hetero) is 1. The van der Waals surface area contributed by atoms with Crippen molar-refractivity contribution in [2.75, 3.05) is 32.7 Å². The molecule has 152 valence electrons. The number of ketones is 1. The number of aromatic amines is 1. The van der Waals surface area contributed by atoms with E-state index in [0.29, 0.717) is 38.3 Å². The zero-order valence-corrected chi connectivity index (χ0v) is 17.3. The summed E-state index contributed by atoms with van der Waals surface area (Å²) in [5.41, 5.74) is 3.55. The number of para-hydroxylation sites is 1. The fourth-order valence-corrected chi connectivity index (χ4v) is 5.26. The largest absolute Gasteiger partial charge is 0.360 e. The van der Waals surface area contributed by atoms with Gasteiger partial charge in [-0.2, -0.15) is 4.31 Å². The number of rotatable bonds is 6. The van der Waals surface area contributed by atoms with Gasteiger partial charge in [-0.3, -0.25) is 9.69 Å². The van der Waals surface area contributed by atoms with Gasteiger partial charge in [0.05, 0.1) is 12.3 Å². The first-order valence-electron chi connectivity index (χ1n) is 9.77. The molecule has 3 aromatic rings. The van der Waals surface area contributed by atoms with Crippen molar-refractivity contribution in [1.82, 2.24) is 14.2 Å². The number of carbonyl (C=O) groups is 1. The Kier molecular flexibility index (Phi) is 5.54. The molecule has 29 heavy (non-hydrogen) atoms. The summed E-state index contributed by atoms with van der Waals surface area (Å²) in [5.74, 6) is 0.0695. The molecule has 1 aromatic heterocycles. The minimum absolute atomic E-state index is 0.0154. The van der Waals surface area contributed by atoms with Crippen LogP contribution in [0.1, 0.15) is 21.5 Å². The van der Waals surface area contributed by atoms with Gasteiger partial charge in [-0.15, -0.1) is 0 Å². The van der Waals surface area contributed by atoms with Gasteiger partial charge in [0.15, 0.2) is 5.78 Å². The van der Waals surface area contributed by atoms with Gasteiger partial charge in [0.1, 0.15) is 0 Å². The molecule has 0 spiro atoms. The lowest BCUT2D eigenvalue weighted by atomic mass is 10.1. The van der Waals surface area contributed by atoms with Crippen molar-refractivity contribution in [3.05, 3.63) is 71.4 Å². The third-order valence-electron chi connectivity index (χ3n) is 5.45. The third-order valence-corrected chi connectivity index (χ3v) is 7.30. The zero-order chi connectivity index (χ0) is 20.4. The smallest absolute Gasteiger partial charge is 0.218 e. The molecule has 1 N–H and O–H groups in total. The predicted molar refractivity (Wildman–Crippen MR) is 114 cm³/mol. The average Bonchev–Trinajstić information content (AvgIpc) is 3.14. The van der Waals surface area contributed by atoms with E-state index >= 15 is 0 Å². The number of aromatic nitrogens is 1. The number of H-pyrrole nitrogens is 1. The minimum Gasteiger partial charge on any atom is -0.360 e. The van der Waals surface area contributed by atoms with Crippen molar-refractivity contribution in [3.8, 4) is 0 Å². The molecule has 1 saturated heterocycles. The van der Waals surface area contributed by atoms with E-state index in [0.717, 1.165) is 22.0 Å². The molecule has 1 fully saturated rings. The van der Waals surface area contributed by atoms with E-state index in [1.807, 2.05) is 60.4 Å². The van der Waals surface area contributed by atoms with Crippen LogP contribution in [0.15, 0.2) is 54.7 Å². The number of nitrogens with zero attached hydrogens (tertiary/aromatic N) is 2. The lowest BCUT2D eigenvalue weighted by molar-refractivity contribution is 0.0903. The van der Waals surface area contributed by atoms with E-state index in [2.05, 4.69) is 4.98 Å². The van der Waals surface area contributed by atoms with Crippen molar-refractivity contribution in [2.24, 2.45) is 0 Å². The molecule has 0 radical (unpaired) electrons. The quantitative estimate of drug-likeness (QED) is 0.633. The number of carbonyl (C=O) groups excluding carboxylic acids is 1. The highest BCUT2D eigenvalue weighted by atomic mass is 32.2. The van der Waals surface area contributed by atoms with Crippen molar-refractivity contribution in [1.29, 1.82) is 0 Å². The Morgan fingerprint density at radius 2 is 1.69 bits per heavy atom. The molecular formula is C22H25N3O3S. The van der Waals surface area contributed by atoms with Crippen molar-refractivity contribution in [3.63, 3.8) is 0 Å². The second kappa shape index (κ2) is 8.10. The van der Waals surface area contributed by atoms with E-state index in [1.165, 1.54) is 0 Å². The number of hydrogen-bond acceptors (Lipinski definition) is 4. The van der Waals surface area contributed by atoms with Crippen molar-refractivity contribution >= 4 is 26.7 Å². The second-order valence-electron chi connectivity index (χ2n) is 7.59. The Bertz CT molecular complexity index is 1110. The number of piperazine rings is 1. The Morgan fingerprint density at radius 1 is 1.00 bits per heavy atom. The van der Waals surface area contributed by atoms with Crippen LogP contribution in [0.5, 0.6) is 0 Å². The maximum absolute atomic E-state index is 12.7. The van der Waals surface area contributed by atoms with Gasteiger partial charge in [0, 0.05) is 48.8 Å². The summed E-state index contributed by atoms with van der Waals surface area (Å²) in [5, 5.41) is 0.928. The van der Waals surface area contributed by atoms with Crippen LogP contribution in [0.3, 0.4) is 0 Å². The van der Waals surface area contributed by atoms with Gasteiger partial charge in [0.25, 0.3) is 0 Å². The minimum atomic E-state index is -3.36. The highest BCUT2D eigenvalue weighted by Gasteiger charge is 2.28. The molecule has 1 aliphatic heterocycles. The van der Waals surface area contributed by atoms with E-state index in [-0.39, 0.29) is 11.5 Å². The summed E-state index contributed by atoms with van der Waals surface area (Å²) >= 11 is 0. The van der Waals surface area contributed by atoms with Gasteiger partial charge in [0.2, 0.25) is 10.0 Å². The van der Waals surface area contributed by atoms with Crippen LogP contribution < -0.4 is 0 Å². The van der Waals surface area contributed by atoms with E-state index in [4.69, 9.17) is 0 Å². The molecular weight excluding hydrogens is 386 g/mol. The molecule has 0 saturated carbocycles. The maximum atomic E-state index is 12.7. The average molecular weight is 412 g/mol. The molecule has 0 atom stereocenters.